The van der Waals surface area contributed by atoms with Crippen LogP contribution in [0.2, 0.25) is 0 Å². The average Bonchev–Trinajstić information content (AvgIpc) is 2.62. The third-order valence-corrected chi connectivity index (χ3v) is 2.69. The van der Waals surface area contributed by atoms with Crippen LogP contribution in [-0.4, -0.2) is 18.4 Å². The third-order valence-electron chi connectivity index (χ3n) is 2.69. The molecule has 0 saturated heterocycles. The molecule has 62 valence electrons. The van der Waals surface area contributed by atoms with Crippen LogP contribution in [0.1, 0.15) is 12.8 Å². The molecule has 2 aliphatic rings. The van der Waals surface area contributed by atoms with Crippen LogP contribution in [0.15, 0.2) is 12.2 Å². The van der Waals surface area contributed by atoms with E-state index in [9.17, 15) is 5.21 Å². The molecule has 0 N–H and O–H groups in total. The van der Waals surface area contributed by atoms with E-state index in [0.29, 0.717) is 11.8 Å². The first-order valence-electron chi connectivity index (χ1n) is 4.00. The van der Waals surface area contributed by atoms with Crippen LogP contribution in [-0.2, 0) is 4.84 Å². The van der Waals surface area contributed by atoms with Crippen molar-refractivity contribution in [3.05, 3.63) is 17.4 Å². The average molecular weight is 154 g/mol. The zero-order valence-electron chi connectivity index (χ0n) is 6.56. The fraction of sp³-hybridized carbons (Fsp3) is 0.750. The van der Waals surface area contributed by atoms with Gasteiger partial charge in [0.15, 0.2) is 0 Å². The van der Waals surface area contributed by atoms with Crippen molar-refractivity contribution in [2.24, 2.45) is 11.8 Å². The summed E-state index contributed by atoms with van der Waals surface area (Å²) in [6.45, 7) is 0. The fourth-order valence-corrected chi connectivity index (χ4v) is 2.13. The van der Waals surface area contributed by atoms with Crippen LogP contribution < -0.4 is 0 Å². The van der Waals surface area contributed by atoms with Gasteiger partial charge in [0.05, 0.1) is 7.11 Å². The van der Waals surface area contributed by atoms with Gasteiger partial charge in [0, 0.05) is 6.04 Å². The Bertz CT molecular complexity index is 181. The second-order valence-electron chi connectivity index (χ2n) is 3.32. The van der Waals surface area contributed by atoms with Gasteiger partial charge in [-0.15, -0.1) is 0 Å². The van der Waals surface area contributed by atoms with Gasteiger partial charge < -0.3 is 10.0 Å². The van der Waals surface area contributed by atoms with Crippen molar-refractivity contribution in [2.45, 2.75) is 18.9 Å². The van der Waals surface area contributed by atoms with E-state index in [-0.39, 0.29) is 6.04 Å². The standard InChI is InChI=1S/C8H12NO2/c1-11-9(10)8-5-6-2-3-7(8)4-6/h2-3,6-8H,4-5H2,1H3/q-1. The Kier molecular flexibility index (Phi) is 1.71. The molecule has 1 saturated carbocycles. The summed E-state index contributed by atoms with van der Waals surface area (Å²) in [5, 5.41) is 11.8. The molecule has 0 aromatic carbocycles. The normalized spacial score (nSPS) is 40.8. The van der Waals surface area contributed by atoms with E-state index in [1.54, 1.807) is 0 Å². The van der Waals surface area contributed by atoms with Crippen LogP contribution in [0, 0.1) is 17.0 Å². The van der Waals surface area contributed by atoms with Gasteiger partial charge in [0.2, 0.25) is 0 Å². The minimum Gasteiger partial charge on any atom is -0.762 e. The first-order valence-corrected chi connectivity index (χ1v) is 4.00. The minimum atomic E-state index is 0.0787. The molecular formula is C8H12NO2-. The largest absolute Gasteiger partial charge is 0.762 e. The number of hydrogen-bond donors (Lipinski definition) is 0. The second-order valence-corrected chi connectivity index (χ2v) is 3.32. The summed E-state index contributed by atoms with van der Waals surface area (Å²) in [4.78, 5) is 4.63. The zero-order valence-corrected chi connectivity index (χ0v) is 6.56. The second kappa shape index (κ2) is 2.59. The first-order chi connectivity index (χ1) is 5.31. The van der Waals surface area contributed by atoms with Gasteiger partial charge in [-0.05, 0) is 24.7 Å². The van der Waals surface area contributed by atoms with Crippen molar-refractivity contribution >= 4 is 0 Å². The van der Waals surface area contributed by atoms with E-state index in [4.69, 9.17) is 0 Å². The summed E-state index contributed by atoms with van der Waals surface area (Å²) in [7, 11) is 1.43. The monoisotopic (exact) mass is 154 g/mol. The third kappa shape index (κ3) is 1.09. The van der Waals surface area contributed by atoms with E-state index in [0.717, 1.165) is 18.1 Å². The Morgan fingerprint density at radius 3 is 2.73 bits per heavy atom. The molecule has 2 rings (SSSR count). The lowest BCUT2D eigenvalue weighted by Crippen LogP contribution is -2.32. The molecule has 2 bridgehead atoms. The minimum absolute atomic E-state index is 0.0787. The molecule has 0 heterocycles. The maximum Gasteiger partial charge on any atom is 0.0563 e. The highest BCUT2D eigenvalue weighted by Crippen LogP contribution is 2.41. The maximum absolute atomic E-state index is 11.1. The van der Waals surface area contributed by atoms with Crippen molar-refractivity contribution in [2.75, 3.05) is 7.11 Å². The number of fused-ring (bicyclic) bond motifs is 2. The number of nitrogens with zero attached hydrogens (tertiary/aromatic N) is 1. The maximum atomic E-state index is 11.1. The summed E-state index contributed by atoms with van der Waals surface area (Å²) in [5.41, 5.74) is 0. The van der Waals surface area contributed by atoms with E-state index >= 15 is 0 Å². The van der Waals surface area contributed by atoms with Gasteiger partial charge in [-0.3, -0.25) is 5.23 Å². The highest BCUT2D eigenvalue weighted by atomic mass is 16.9. The van der Waals surface area contributed by atoms with Gasteiger partial charge in [-0.25, -0.2) is 0 Å². The quantitative estimate of drug-likeness (QED) is 0.444. The smallest absolute Gasteiger partial charge is 0.0563 e. The number of allylic oxidation sites excluding steroid dienone is 1. The predicted molar refractivity (Wildman–Crippen MR) is 41.4 cm³/mol. The van der Waals surface area contributed by atoms with Crippen molar-refractivity contribution < 1.29 is 4.84 Å². The van der Waals surface area contributed by atoms with Crippen LogP contribution in [0.25, 0.3) is 0 Å². The molecule has 3 unspecified atom stereocenters. The highest BCUT2D eigenvalue weighted by Gasteiger charge is 2.36. The molecular weight excluding hydrogens is 142 g/mol. The lowest BCUT2D eigenvalue weighted by molar-refractivity contribution is -0.125. The number of rotatable bonds is 2. The van der Waals surface area contributed by atoms with E-state index in [1.165, 1.54) is 7.11 Å². The predicted octanol–water partition coefficient (Wildman–Crippen LogP) is 1.31. The van der Waals surface area contributed by atoms with Crippen molar-refractivity contribution in [3.8, 4) is 0 Å². The molecule has 1 fully saturated rings. The zero-order chi connectivity index (χ0) is 7.84. The molecule has 0 aromatic rings. The Labute approximate surface area is 66.2 Å². The van der Waals surface area contributed by atoms with Crippen molar-refractivity contribution in [3.63, 3.8) is 0 Å². The van der Waals surface area contributed by atoms with Crippen molar-refractivity contribution in [1.82, 2.24) is 5.23 Å². The number of hydroxylamine groups is 2. The Morgan fingerprint density at radius 1 is 1.45 bits per heavy atom. The van der Waals surface area contributed by atoms with Crippen LogP contribution >= 0.6 is 0 Å². The topological polar surface area (TPSA) is 35.5 Å². The Hall–Kier alpha value is -0.380. The molecule has 0 aliphatic heterocycles. The Balaban J connectivity index is 2.02. The lowest BCUT2D eigenvalue weighted by atomic mass is 10.0. The Morgan fingerprint density at radius 2 is 2.27 bits per heavy atom. The first kappa shape index (κ1) is 7.28. The number of hydrogen-bond acceptors (Lipinski definition) is 3. The van der Waals surface area contributed by atoms with Gasteiger partial charge >= 0.3 is 0 Å². The fourth-order valence-electron chi connectivity index (χ4n) is 2.13. The molecule has 0 spiro atoms. The molecule has 0 aromatic heterocycles. The van der Waals surface area contributed by atoms with Gasteiger partial charge in [-0.1, -0.05) is 12.2 Å². The summed E-state index contributed by atoms with van der Waals surface area (Å²) in [5.74, 6) is 1.08. The van der Waals surface area contributed by atoms with Gasteiger partial charge in [0.1, 0.15) is 0 Å². The molecule has 3 nitrogen and oxygen atoms in total. The van der Waals surface area contributed by atoms with E-state index in [2.05, 4.69) is 17.0 Å². The van der Waals surface area contributed by atoms with Gasteiger partial charge in [0.25, 0.3) is 0 Å². The van der Waals surface area contributed by atoms with Gasteiger partial charge in [-0.2, -0.15) is 0 Å². The van der Waals surface area contributed by atoms with E-state index < -0.39 is 0 Å². The van der Waals surface area contributed by atoms with E-state index in [1.807, 2.05) is 0 Å². The molecule has 11 heavy (non-hydrogen) atoms. The summed E-state index contributed by atoms with van der Waals surface area (Å²) < 4.78 is 0. The van der Waals surface area contributed by atoms with Crippen molar-refractivity contribution in [1.29, 1.82) is 0 Å². The van der Waals surface area contributed by atoms with Crippen LogP contribution in [0.3, 0.4) is 0 Å². The van der Waals surface area contributed by atoms with Crippen LogP contribution in [0.4, 0.5) is 0 Å². The highest BCUT2D eigenvalue weighted by molar-refractivity contribution is 5.12. The molecule has 3 heteroatoms. The SMILES string of the molecule is CON([O-])C1CC2C=CC1C2. The summed E-state index contributed by atoms with van der Waals surface area (Å²) in [6, 6.07) is 0.0787. The molecule has 3 atom stereocenters. The summed E-state index contributed by atoms with van der Waals surface area (Å²) >= 11 is 0. The summed E-state index contributed by atoms with van der Waals surface area (Å²) in [6.07, 6.45) is 6.47. The lowest BCUT2D eigenvalue weighted by Gasteiger charge is -2.35. The molecule has 0 amide bonds. The van der Waals surface area contributed by atoms with Crippen LogP contribution in [0.5, 0.6) is 0 Å². The molecule has 0 radical (unpaired) electrons. The molecule has 2 aliphatic carbocycles.